The molecule has 0 spiro atoms. The lowest BCUT2D eigenvalue weighted by Gasteiger charge is -2.20. The molecule has 2 heterocycles. The smallest absolute Gasteiger partial charge is 0.239 e. The number of hydrogen-bond donors (Lipinski definition) is 1. The Morgan fingerprint density at radius 1 is 1.50 bits per heavy atom. The fraction of sp³-hybridized carbons (Fsp3) is 0.917. The summed E-state index contributed by atoms with van der Waals surface area (Å²) in [7, 11) is 1.73. The summed E-state index contributed by atoms with van der Waals surface area (Å²) in [4.78, 5) is 14.2. The number of rotatable bonds is 3. The first-order valence-electron chi connectivity index (χ1n) is 6.23. The molecule has 2 unspecified atom stereocenters. The molecule has 0 aromatic heterocycles. The first-order valence-corrected chi connectivity index (χ1v) is 6.23. The molecule has 4 heteroatoms. The second-order valence-corrected chi connectivity index (χ2v) is 5.08. The summed E-state index contributed by atoms with van der Waals surface area (Å²) in [5.41, 5.74) is 0. The van der Waals surface area contributed by atoms with E-state index in [1.54, 1.807) is 7.11 Å². The lowest BCUT2D eigenvalue weighted by atomic mass is 10.00. The Balaban J connectivity index is 1.88. The number of nitrogens with one attached hydrogen (secondary N) is 1. The molecule has 0 aromatic carbocycles. The van der Waals surface area contributed by atoms with Crippen LogP contribution in [0.15, 0.2) is 0 Å². The SMILES string of the molecule is COCC1CN(C(=O)[C@@H]2CCCN2)CC1C. The summed E-state index contributed by atoms with van der Waals surface area (Å²) < 4.78 is 5.20. The highest BCUT2D eigenvalue weighted by Crippen LogP contribution is 2.24. The third kappa shape index (κ3) is 2.38. The van der Waals surface area contributed by atoms with Crippen LogP contribution in [-0.2, 0) is 9.53 Å². The van der Waals surface area contributed by atoms with E-state index in [4.69, 9.17) is 4.74 Å². The van der Waals surface area contributed by atoms with Crippen molar-refractivity contribution in [2.45, 2.75) is 25.8 Å². The zero-order valence-corrected chi connectivity index (χ0v) is 10.2. The summed E-state index contributed by atoms with van der Waals surface area (Å²) >= 11 is 0. The van der Waals surface area contributed by atoms with Crippen LogP contribution in [0.2, 0.25) is 0 Å². The minimum atomic E-state index is 0.0773. The van der Waals surface area contributed by atoms with Crippen molar-refractivity contribution in [2.75, 3.05) is 33.4 Å². The number of hydrogen-bond acceptors (Lipinski definition) is 3. The van der Waals surface area contributed by atoms with Gasteiger partial charge in [-0.25, -0.2) is 0 Å². The molecule has 0 bridgehead atoms. The second kappa shape index (κ2) is 5.15. The van der Waals surface area contributed by atoms with Crippen molar-refractivity contribution in [3.8, 4) is 0 Å². The molecule has 2 aliphatic rings. The predicted molar refractivity (Wildman–Crippen MR) is 62.1 cm³/mol. The van der Waals surface area contributed by atoms with E-state index in [0.717, 1.165) is 39.1 Å². The highest BCUT2D eigenvalue weighted by Gasteiger charge is 2.35. The molecule has 1 N–H and O–H groups in total. The normalized spacial score (nSPS) is 34.6. The second-order valence-electron chi connectivity index (χ2n) is 5.08. The number of nitrogens with zero attached hydrogens (tertiary/aromatic N) is 1. The number of methoxy groups -OCH3 is 1. The Hall–Kier alpha value is -0.610. The van der Waals surface area contributed by atoms with Crippen LogP contribution >= 0.6 is 0 Å². The van der Waals surface area contributed by atoms with Crippen LogP contribution in [0.1, 0.15) is 19.8 Å². The van der Waals surface area contributed by atoms with Gasteiger partial charge in [0.2, 0.25) is 5.91 Å². The van der Waals surface area contributed by atoms with Crippen molar-refractivity contribution < 1.29 is 9.53 Å². The highest BCUT2D eigenvalue weighted by molar-refractivity contribution is 5.82. The van der Waals surface area contributed by atoms with Gasteiger partial charge in [-0.1, -0.05) is 6.92 Å². The third-order valence-electron chi connectivity index (χ3n) is 3.82. The van der Waals surface area contributed by atoms with Crippen LogP contribution in [0.25, 0.3) is 0 Å². The van der Waals surface area contributed by atoms with Crippen molar-refractivity contribution in [2.24, 2.45) is 11.8 Å². The number of carbonyl (C=O) groups excluding carboxylic acids is 1. The Labute approximate surface area is 97.3 Å². The van der Waals surface area contributed by atoms with E-state index < -0.39 is 0 Å². The molecule has 3 atom stereocenters. The lowest BCUT2D eigenvalue weighted by Crippen LogP contribution is -2.42. The van der Waals surface area contributed by atoms with Gasteiger partial charge in [-0.15, -0.1) is 0 Å². The van der Waals surface area contributed by atoms with Gasteiger partial charge in [0.05, 0.1) is 12.6 Å². The number of carbonyl (C=O) groups is 1. The molecule has 16 heavy (non-hydrogen) atoms. The van der Waals surface area contributed by atoms with E-state index in [1.807, 2.05) is 4.90 Å². The van der Waals surface area contributed by atoms with E-state index >= 15 is 0 Å². The summed E-state index contributed by atoms with van der Waals surface area (Å²) in [5.74, 6) is 1.36. The molecule has 0 radical (unpaired) electrons. The molecule has 92 valence electrons. The van der Waals surface area contributed by atoms with Gasteiger partial charge in [0.25, 0.3) is 0 Å². The fourth-order valence-corrected chi connectivity index (χ4v) is 2.76. The molecule has 2 aliphatic heterocycles. The molecule has 4 nitrogen and oxygen atoms in total. The molecule has 2 saturated heterocycles. The third-order valence-corrected chi connectivity index (χ3v) is 3.82. The number of ether oxygens (including phenoxy) is 1. The summed E-state index contributed by atoms with van der Waals surface area (Å²) in [6.07, 6.45) is 2.12. The van der Waals surface area contributed by atoms with Crippen molar-refractivity contribution in [3.63, 3.8) is 0 Å². The van der Waals surface area contributed by atoms with E-state index in [2.05, 4.69) is 12.2 Å². The highest BCUT2D eigenvalue weighted by atomic mass is 16.5. The van der Waals surface area contributed by atoms with Gasteiger partial charge in [0, 0.05) is 26.1 Å². The van der Waals surface area contributed by atoms with Gasteiger partial charge in [-0.3, -0.25) is 4.79 Å². The number of amides is 1. The molecule has 1 amide bonds. The van der Waals surface area contributed by atoms with Crippen LogP contribution in [-0.4, -0.2) is 50.2 Å². The molecule has 0 aliphatic carbocycles. The van der Waals surface area contributed by atoms with Gasteiger partial charge in [-0.05, 0) is 25.3 Å². The van der Waals surface area contributed by atoms with E-state index in [1.165, 1.54) is 0 Å². The molecule has 0 saturated carbocycles. The molecular formula is C12H22N2O2. The predicted octanol–water partition coefficient (Wildman–Crippen LogP) is 0.479. The quantitative estimate of drug-likeness (QED) is 0.761. The van der Waals surface area contributed by atoms with Crippen molar-refractivity contribution >= 4 is 5.91 Å². The Bertz CT molecular complexity index is 251. The molecule has 2 fully saturated rings. The molecular weight excluding hydrogens is 204 g/mol. The zero-order chi connectivity index (χ0) is 11.5. The van der Waals surface area contributed by atoms with E-state index in [-0.39, 0.29) is 6.04 Å². The number of likely N-dealkylation sites (tertiary alicyclic amines) is 1. The maximum absolute atomic E-state index is 12.2. The standard InChI is InChI=1S/C12H22N2O2/c1-9-6-14(7-10(9)8-16-2)12(15)11-4-3-5-13-11/h9-11,13H,3-8H2,1-2H3/t9?,10?,11-/m0/s1. The molecule has 2 rings (SSSR count). The van der Waals surface area contributed by atoms with Crippen molar-refractivity contribution in [3.05, 3.63) is 0 Å². The van der Waals surface area contributed by atoms with Crippen LogP contribution in [0.3, 0.4) is 0 Å². The minimum absolute atomic E-state index is 0.0773. The van der Waals surface area contributed by atoms with E-state index in [9.17, 15) is 4.79 Å². The van der Waals surface area contributed by atoms with Gasteiger partial charge in [0.1, 0.15) is 0 Å². The maximum Gasteiger partial charge on any atom is 0.239 e. The average molecular weight is 226 g/mol. The van der Waals surface area contributed by atoms with E-state index in [0.29, 0.717) is 17.7 Å². The first kappa shape index (κ1) is 11.9. The topological polar surface area (TPSA) is 41.6 Å². The molecule has 0 aromatic rings. The van der Waals surface area contributed by atoms with Gasteiger partial charge >= 0.3 is 0 Å². The maximum atomic E-state index is 12.2. The summed E-state index contributed by atoms with van der Waals surface area (Å²) in [6, 6.07) is 0.0773. The van der Waals surface area contributed by atoms with Gasteiger partial charge in [0.15, 0.2) is 0 Å². The van der Waals surface area contributed by atoms with Crippen molar-refractivity contribution in [1.29, 1.82) is 0 Å². The Morgan fingerprint density at radius 3 is 2.94 bits per heavy atom. The van der Waals surface area contributed by atoms with Crippen LogP contribution < -0.4 is 5.32 Å². The van der Waals surface area contributed by atoms with Gasteiger partial charge < -0.3 is 15.0 Å². The Morgan fingerprint density at radius 2 is 2.31 bits per heavy atom. The van der Waals surface area contributed by atoms with Crippen molar-refractivity contribution in [1.82, 2.24) is 10.2 Å². The minimum Gasteiger partial charge on any atom is -0.384 e. The van der Waals surface area contributed by atoms with Crippen LogP contribution in [0, 0.1) is 11.8 Å². The summed E-state index contributed by atoms with van der Waals surface area (Å²) in [5, 5.41) is 3.27. The largest absolute Gasteiger partial charge is 0.384 e. The first-order chi connectivity index (χ1) is 7.72. The monoisotopic (exact) mass is 226 g/mol. The summed E-state index contributed by atoms with van der Waals surface area (Å²) in [6.45, 7) is 5.72. The average Bonchev–Trinajstić information content (AvgIpc) is 2.88. The Kier molecular flexibility index (Phi) is 3.82. The lowest BCUT2D eigenvalue weighted by molar-refractivity contribution is -0.132. The van der Waals surface area contributed by atoms with Crippen LogP contribution in [0.5, 0.6) is 0 Å². The fourth-order valence-electron chi connectivity index (χ4n) is 2.76. The van der Waals surface area contributed by atoms with Crippen LogP contribution in [0.4, 0.5) is 0 Å². The van der Waals surface area contributed by atoms with Gasteiger partial charge in [-0.2, -0.15) is 0 Å². The zero-order valence-electron chi connectivity index (χ0n) is 10.2.